The van der Waals surface area contributed by atoms with Gasteiger partial charge in [-0.2, -0.15) is 0 Å². The molecule has 2 aliphatic heterocycles. The number of nitrogens with zero attached hydrogens (tertiary/aromatic N) is 3. The molecule has 8 nitrogen and oxygen atoms in total. The summed E-state index contributed by atoms with van der Waals surface area (Å²) in [6.45, 7) is 0.0772. The first-order chi connectivity index (χ1) is 13.9. The Bertz CT molecular complexity index is 1050. The molecule has 0 radical (unpaired) electrons. The fourth-order valence-electron chi connectivity index (χ4n) is 3.32. The lowest BCUT2D eigenvalue weighted by Crippen LogP contribution is -2.44. The Morgan fingerprint density at radius 3 is 2.83 bits per heavy atom. The summed E-state index contributed by atoms with van der Waals surface area (Å²) in [4.78, 5) is 51.9. The quantitative estimate of drug-likeness (QED) is 0.418. The number of hydrogen-bond acceptors (Lipinski definition) is 7. The van der Waals surface area contributed by atoms with Crippen LogP contribution in [-0.2, 0) is 16.0 Å². The van der Waals surface area contributed by atoms with Crippen LogP contribution in [0.15, 0.2) is 40.6 Å². The molecule has 2 aliphatic rings. The molecule has 29 heavy (non-hydrogen) atoms. The molecule has 1 saturated heterocycles. The molecule has 3 amide bonds. The van der Waals surface area contributed by atoms with E-state index in [1.807, 2.05) is 17.5 Å². The first kappa shape index (κ1) is 19.3. The van der Waals surface area contributed by atoms with Crippen molar-refractivity contribution >= 4 is 57.6 Å². The molecule has 10 heteroatoms. The Morgan fingerprint density at radius 2 is 2.10 bits per heavy atom. The number of non-ortho nitro benzene ring substituents is 1. The molecule has 0 saturated carbocycles. The summed E-state index contributed by atoms with van der Waals surface area (Å²) in [5.41, 5.74) is 1.28. The van der Waals surface area contributed by atoms with Crippen molar-refractivity contribution in [1.82, 2.24) is 4.90 Å². The Kier molecular flexibility index (Phi) is 5.20. The van der Waals surface area contributed by atoms with Crippen molar-refractivity contribution in [3.05, 3.63) is 61.2 Å². The molecule has 0 aliphatic carbocycles. The fraction of sp³-hybridized carbons (Fsp3) is 0.211. The SMILES string of the molecule is O=C1S/C(=C\c2cccs2)C(=O)N1CC(=O)N1CCCc2cc([N+](=O)[O-])ccc21. The number of fused-ring (bicyclic) bond motifs is 1. The molecule has 0 spiro atoms. The number of anilines is 1. The second-order valence-electron chi connectivity index (χ2n) is 6.50. The highest BCUT2D eigenvalue weighted by Crippen LogP contribution is 2.34. The van der Waals surface area contributed by atoms with Gasteiger partial charge in [0.15, 0.2) is 0 Å². The third kappa shape index (κ3) is 3.81. The predicted octanol–water partition coefficient (Wildman–Crippen LogP) is 3.67. The highest BCUT2D eigenvalue weighted by Gasteiger charge is 2.38. The number of thiophene rings is 1. The van der Waals surface area contributed by atoms with Gasteiger partial charge in [0.05, 0.1) is 9.83 Å². The average Bonchev–Trinajstić information content (AvgIpc) is 3.31. The molecular formula is C19H15N3O5S2. The van der Waals surface area contributed by atoms with Gasteiger partial charge in [0.25, 0.3) is 16.8 Å². The summed E-state index contributed by atoms with van der Waals surface area (Å²) >= 11 is 2.27. The van der Waals surface area contributed by atoms with Gasteiger partial charge in [0, 0.05) is 29.2 Å². The van der Waals surface area contributed by atoms with E-state index < -0.39 is 16.1 Å². The molecule has 3 heterocycles. The van der Waals surface area contributed by atoms with Crippen molar-refractivity contribution in [3.63, 3.8) is 0 Å². The number of carbonyl (C=O) groups excluding carboxylic acids is 3. The number of imide groups is 1. The number of nitro benzene ring substituents is 1. The Balaban J connectivity index is 1.52. The van der Waals surface area contributed by atoms with Gasteiger partial charge >= 0.3 is 0 Å². The van der Waals surface area contributed by atoms with Crippen LogP contribution in [0, 0.1) is 10.1 Å². The maximum Gasteiger partial charge on any atom is 0.294 e. The van der Waals surface area contributed by atoms with Gasteiger partial charge in [0.1, 0.15) is 6.54 Å². The van der Waals surface area contributed by atoms with Crippen LogP contribution in [0.3, 0.4) is 0 Å². The number of rotatable bonds is 4. The van der Waals surface area contributed by atoms with E-state index in [4.69, 9.17) is 0 Å². The van der Waals surface area contributed by atoms with Crippen LogP contribution < -0.4 is 4.90 Å². The molecule has 0 unspecified atom stereocenters. The molecule has 1 aromatic carbocycles. The molecule has 0 atom stereocenters. The summed E-state index contributed by atoms with van der Waals surface area (Å²) < 4.78 is 0. The van der Waals surface area contributed by atoms with E-state index in [9.17, 15) is 24.5 Å². The standard InChI is InChI=1S/C19H15N3O5S2/c23-17(20-7-1-3-12-9-13(22(26)27)5-6-15(12)20)11-21-18(24)16(29-19(21)25)10-14-4-2-8-28-14/h2,4-6,8-10H,1,3,7,11H2/b16-10-. The topological polar surface area (TPSA) is 101 Å². The molecule has 2 aromatic rings. The minimum atomic E-state index is -0.484. The monoisotopic (exact) mass is 429 g/mol. The van der Waals surface area contributed by atoms with Crippen molar-refractivity contribution in [1.29, 1.82) is 0 Å². The minimum Gasteiger partial charge on any atom is -0.311 e. The lowest BCUT2D eigenvalue weighted by molar-refractivity contribution is -0.384. The van der Waals surface area contributed by atoms with Crippen LogP contribution >= 0.6 is 23.1 Å². The lowest BCUT2D eigenvalue weighted by Gasteiger charge is -2.30. The van der Waals surface area contributed by atoms with Gasteiger partial charge in [-0.1, -0.05) is 6.07 Å². The molecule has 4 rings (SSSR count). The predicted molar refractivity (Wildman–Crippen MR) is 111 cm³/mol. The molecule has 148 valence electrons. The first-order valence-corrected chi connectivity index (χ1v) is 10.5. The van der Waals surface area contributed by atoms with Gasteiger partial charge in [0.2, 0.25) is 5.91 Å². The van der Waals surface area contributed by atoms with Crippen LogP contribution in [-0.4, -0.2) is 40.0 Å². The smallest absolute Gasteiger partial charge is 0.294 e. The number of aryl methyl sites for hydroxylation is 1. The number of thioether (sulfide) groups is 1. The molecule has 0 bridgehead atoms. The summed E-state index contributed by atoms with van der Waals surface area (Å²) in [7, 11) is 0. The Morgan fingerprint density at radius 1 is 1.28 bits per heavy atom. The molecule has 0 N–H and O–H groups in total. The van der Waals surface area contributed by atoms with Crippen LogP contribution in [0.25, 0.3) is 6.08 Å². The van der Waals surface area contributed by atoms with E-state index in [0.29, 0.717) is 35.5 Å². The third-order valence-electron chi connectivity index (χ3n) is 4.68. The maximum atomic E-state index is 12.9. The second-order valence-corrected chi connectivity index (χ2v) is 8.47. The molecule has 1 fully saturated rings. The number of hydrogen-bond donors (Lipinski definition) is 0. The number of carbonyl (C=O) groups is 3. The van der Waals surface area contributed by atoms with E-state index in [-0.39, 0.29) is 18.1 Å². The van der Waals surface area contributed by atoms with E-state index >= 15 is 0 Å². The average molecular weight is 429 g/mol. The second kappa shape index (κ2) is 7.80. The summed E-state index contributed by atoms with van der Waals surface area (Å²) in [6.07, 6.45) is 2.93. The zero-order valence-corrected chi connectivity index (χ0v) is 16.7. The molecular weight excluding hydrogens is 414 g/mol. The number of nitro groups is 1. The van der Waals surface area contributed by atoms with Crippen LogP contribution in [0.4, 0.5) is 16.2 Å². The van der Waals surface area contributed by atoms with Crippen LogP contribution in [0.1, 0.15) is 16.9 Å². The highest BCUT2D eigenvalue weighted by atomic mass is 32.2. The highest BCUT2D eigenvalue weighted by molar-refractivity contribution is 8.18. The van der Waals surface area contributed by atoms with E-state index in [2.05, 4.69) is 0 Å². The maximum absolute atomic E-state index is 12.9. The largest absolute Gasteiger partial charge is 0.311 e. The van der Waals surface area contributed by atoms with Gasteiger partial charge < -0.3 is 4.90 Å². The van der Waals surface area contributed by atoms with Crippen molar-refractivity contribution in [3.8, 4) is 0 Å². The van der Waals surface area contributed by atoms with Crippen molar-refractivity contribution in [2.45, 2.75) is 12.8 Å². The number of amides is 3. The van der Waals surface area contributed by atoms with E-state index in [0.717, 1.165) is 21.5 Å². The van der Waals surface area contributed by atoms with E-state index in [1.54, 1.807) is 12.1 Å². The van der Waals surface area contributed by atoms with E-state index in [1.165, 1.54) is 28.4 Å². The minimum absolute atomic E-state index is 0.0253. The number of benzene rings is 1. The van der Waals surface area contributed by atoms with Crippen LogP contribution in [0.5, 0.6) is 0 Å². The molecule has 1 aromatic heterocycles. The Hall–Kier alpha value is -2.98. The summed E-state index contributed by atoms with van der Waals surface area (Å²) in [6, 6.07) is 8.07. The zero-order chi connectivity index (χ0) is 20.5. The first-order valence-electron chi connectivity index (χ1n) is 8.80. The van der Waals surface area contributed by atoms with Gasteiger partial charge in [-0.05, 0) is 53.8 Å². The normalized spacial score (nSPS) is 17.7. The van der Waals surface area contributed by atoms with Crippen LogP contribution in [0.2, 0.25) is 0 Å². The van der Waals surface area contributed by atoms with Gasteiger partial charge in [-0.3, -0.25) is 29.4 Å². The van der Waals surface area contributed by atoms with Gasteiger partial charge in [-0.15, -0.1) is 11.3 Å². The fourth-order valence-corrected chi connectivity index (χ4v) is 4.88. The zero-order valence-electron chi connectivity index (χ0n) is 15.1. The third-order valence-corrected chi connectivity index (χ3v) is 6.40. The lowest BCUT2D eigenvalue weighted by atomic mass is 10.0. The van der Waals surface area contributed by atoms with Crippen molar-refractivity contribution in [2.75, 3.05) is 18.0 Å². The van der Waals surface area contributed by atoms with Crippen molar-refractivity contribution in [2.24, 2.45) is 0 Å². The summed E-state index contributed by atoms with van der Waals surface area (Å²) in [5.74, 6) is -0.873. The van der Waals surface area contributed by atoms with Gasteiger partial charge in [-0.25, -0.2) is 0 Å². The Labute approximate surface area is 173 Å². The van der Waals surface area contributed by atoms with Crippen molar-refractivity contribution < 1.29 is 19.3 Å². The summed E-state index contributed by atoms with van der Waals surface area (Å²) in [5, 5.41) is 12.4.